The molecule has 76 valence electrons. The highest BCUT2D eigenvalue weighted by molar-refractivity contribution is 9.10. The molecule has 0 spiro atoms. The minimum Gasteiger partial charge on any atom is -0.481 e. The van der Waals surface area contributed by atoms with E-state index in [2.05, 4.69) is 15.9 Å². The summed E-state index contributed by atoms with van der Waals surface area (Å²) in [6.07, 6.45) is -1.82. The summed E-state index contributed by atoms with van der Waals surface area (Å²) in [5, 5.41) is 17.8. The molecule has 14 heavy (non-hydrogen) atoms. The van der Waals surface area contributed by atoms with Gasteiger partial charge >= 0.3 is 5.97 Å². The zero-order valence-corrected chi connectivity index (χ0v) is 8.66. The standard InChI is InChI=1S/C9H8BrFO3/c10-6-3-1-2-5(9(6)11)7(12)4-8(13)14/h1-3,7,12H,4H2,(H,13,14). The van der Waals surface area contributed by atoms with Gasteiger partial charge in [0, 0.05) is 5.56 Å². The van der Waals surface area contributed by atoms with Crippen LogP contribution in [0.3, 0.4) is 0 Å². The Kier molecular flexibility index (Phi) is 3.60. The summed E-state index contributed by atoms with van der Waals surface area (Å²) in [5.74, 6) is -1.79. The maximum atomic E-state index is 13.3. The van der Waals surface area contributed by atoms with Crippen LogP contribution in [0.15, 0.2) is 22.7 Å². The lowest BCUT2D eigenvalue weighted by atomic mass is 10.1. The summed E-state index contributed by atoms with van der Waals surface area (Å²) in [6.45, 7) is 0. The number of halogens is 2. The molecule has 1 atom stereocenters. The van der Waals surface area contributed by atoms with Crippen LogP contribution in [0.25, 0.3) is 0 Å². The number of hydrogen-bond acceptors (Lipinski definition) is 2. The predicted molar refractivity (Wildman–Crippen MR) is 51.3 cm³/mol. The van der Waals surface area contributed by atoms with Gasteiger partial charge in [-0.05, 0) is 22.0 Å². The van der Waals surface area contributed by atoms with Gasteiger partial charge in [-0.25, -0.2) is 4.39 Å². The molecular weight excluding hydrogens is 255 g/mol. The zero-order valence-electron chi connectivity index (χ0n) is 7.08. The van der Waals surface area contributed by atoms with E-state index in [1.165, 1.54) is 18.2 Å². The largest absolute Gasteiger partial charge is 0.481 e. The molecule has 0 heterocycles. The number of rotatable bonds is 3. The SMILES string of the molecule is O=C(O)CC(O)c1cccc(Br)c1F. The van der Waals surface area contributed by atoms with Crippen molar-refractivity contribution < 1.29 is 19.4 Å². The molecule has 0 bridgehead atoms. The van der Waals surface area contributed by atoms with Crippen molar-refractivity contribution in [3.05, 3.63) is 34.1 Å². The monoisotopic (exact) mass is 262 g/mol. The minimum absolute atomic E-state index is 0.0122. The van der Waals surface area contributed by atoms with E-state index in [0.717, 1.165) is 0 Å². The molecule has 3 nitrogen and oxygen atoms in total. The van der Waals surface area contributed by atoms with Crippen LogP contribution in [-0.2, 0) is 4.79 Å². The van der Waals surface area contributed by atoms with E-state index in [0.29, 0.717) is 0 Å². The van der Waals surface area contributed by atoms with Crippen LogP contribution in [0.4, 0.5) is 4.39 Å². The number of carboxylic acid groups (broad SMARTS) is 1. The smallest absolute Gasteiger partial charge is 0.306 e. The number of aliphatic carboxylic acids is 1. The van der Waals surface area contributed by atoms with E-state index in [1.54, 1.807) is 0 Å². The lowest BCUT2D eigenvalue weighted by molar-refractivity contribution is -0.139. The van der Waals surface area contributed by atoms with Crippen molar-refractivity contribution in [2.75, 3.05) is 0 Å². The minimum atomic E-state index is -1.31. The van der Waals surface area contributed by atoms with Gasteiger partial charge in [0.25, 0.3) is 0 Å². The van der Waals surface area contributed by atoms with Crippen molar-refractivity contribution in [2.45, 2.75) is 12.5 Å². The molecule has 0 saturated carbocycles. The van der Waals surface area contributed by atoms with E-state index in [1.807, 2.05) is 0 Å². The van der Waals surface area contributed by atoms with Gasteiger partial charge in [0.05, 0.1) is 17.0 Å². The fraction of sp³-hybridized carbons (Fsp3) is 0.222. The summed E-state index contributed by atoms with van der Waals surface area (Å²) in [4.78, 5) is 10.3. The lowest BCUT2D eigenvalue weighted by Gasteiger charge is -2.09. The lowest BCUT2D eigenvalue weighted by Crippen LogP contribution is -2.07. The quantitative estimate of drug-likeness (QED) is 0.877. The Labute approximate surface area is 88.3 Å². The number of hydrogen-bond donors (Lipinski definition) is 2. The Balaban J connectivity index is 2.95. The van der Waals surface area contributed by atoms with E-state index >= 15 is 0 Å². The molecule has 0 aliphatic carbocycles. The molecule has 1 rings (SSSR count). The first-order valence-electron chi connectivity index (χ1n) is 3.86. The van der Waals surface area contributed by atoms with Gasteiger partial charge in [-0.3, -0.25) is 4.79 Å². The van der Waals surface area contributed by atoms with E-state index in [4.69, 9.17) is 5.11 Å². The van der Waals surface area contributed by atoms with Crippen molar-refractivity contribution in [3.8, 4) is 0 Å². The molecular formula is C9H8BrFO3. The summed E-state index contributed by atoms with van der Waals surface area (Å²) in [5.41, 5.74) is -0.0122. The van der Waals surface area contributed by atoms with Crippen molar-refractivity contribution in [3.63, 3.8) is 0 Å². The maximum Gasteiger partial charge on any atom is 0.306 e. The van der Waals surface area contributed by atoms with Gasteiger partial charge in [-0.2, -0.15) is 0 Å². The molecule has 0 aliphatic rings. The van der Waals surface area contributed by atoms with Gasteiger partial charge in [-0.1, -0.05) is 12.1 Å². The van der Waals surface area contributed by atoms with Gasteiger partial charge in [0.15, 0.2) is 0 Å². The molecule has 0 radical (unpaired) electrons. The molecule has 1 unspecified atom stereocenters. The fourth-order valence-electron chi connectivity index (χ4n) is 1.05. The van der Waals surface area contributed by atoms with E-state index < -0.39 is 24.3 Å². The second kappa shape index (κ2) is 4.52. The van der Waals surface area contributed by atoms with Crippen molar-refractivity contribution in [1.82, 2.24) is 0 Å². The number of carboxylic acids is 1. The molecule has 1 aromatic carbocycles. The summed E-state index contributed by atoms with van der Waals surface area (Å²) >= 11 is 2.95. The van der Waals surface area contributed by atoms with Gasteiger partial charge in [0.1, 0.15) is 5.82 Å². The third kappa shape index (κ3) is 2.52. The summed E-state index contributed by atoms with van der Waals surface area (Å²) in [7, 11) is 0. The fourth-order valence-corrected chi connectivity index (χ4v) is 1.43. The van der Waals surface area contributed by atoms with Crippen molar-refractivity contribution in [1.29, 1.82) is 0 Å². The van der Waals surface area contributed by atoms with Gasteiger partial charge < -0.3 is 10.2 Å². The van der Waals surface area contributed by atoms with E-state index in [-0.39, 0.29) is 10.0 Å². The third-order valence-corrected chi connectivity index (χ3v) is 2.32. The summed E-state index contributed by atoms with van der Waals surface area (Å²) in [6, 6.07) is 4.37. The first kappa shape index (κ1) is 11.1. The Morgan fingerprint density at radius 2 is 2.21 bits per heavy atom. The molecule has 5 heteroatoms. The van der Waals surface area contributed by atoms with Crippen molar-refractivity contribution >= 4 is 21.9 Å². The van der Waals surface area contributed by atoms with Gasteiger partial charge in [0.2, 0.25) is 0 Å². The predicted octanol–water partition coefficient (Wildman–Crippen LogP) is 2.10. The second-order valence-corrected chi connectivity index (χ2v) is 3.61. The first-order valence-corrected chi connectivity index (χ1v) is 4.65. The summed E-state index contributed by atoms with van der Waals surface area (Å²) < 4.78 is 13.5. The van der Waals surface area contributed by atoms with E-state index in [9.17, 15) is 14.3 Å². The number of carbonyl (C=O) groups is 1. The Morgan fingerprint density at radius 3 is 2.79 bits per heavy atom. The van der Waals surface area contributed by atoms with Crippen LogP contribution in [0, 0.1) is 5.82 Å². The second-order valence-electron chi connectivity index (χ2n) is 2.76. The molecule has 2 N–H and O–H groups in total. The third-order valence-electron chi connectivity index (χ3n) is 1.71. The van der Waals surface area contributed by atoms with Crippen LogP contribution < -0.4 is 0 Å². The molecule has 0 saturated heterocycles. The highest BCUT2D eigenvalue weighted by Gasteiger charge is 2.17. The number of aliphatic hydroxyl groups is 1. The topological polar surface area (TPSA) is 57.5 Å². The van der Waals surface area contributed by atoms with Crippen LogP contribution in [0.5, 0.6) is 0 Å². The van der Waals surface area contributed by atoms with Crippen LogP contribution in [-0.4, -0.2) is 16.2 Å². The molecule has 0 amide bonds. The molecule has 0 aromatic heterocycles. The number of benzene rings is 1. The highest BCUT2D eigenvalue weighted by Crippen LogP contribution is 2.25. The molecule has 1 aromatic rings. The van der Waals surface area contributed by atoms with Crippen LogP contribution in [0.1, 0.15) is 18.1 Å². The van der Waals surface area contributed by atoms with Crippen LogP contribution in [0.2, 0.25) is 0 Å². The van der Waals surface area contributed by atoms with Gasteiger partial charge in [-0.15, -0.1) is 0 Å². The first-order chi connectivity index (χ1) is 6.52. The Morgan fingerprint density at radius 1 is 1.57 bits per heavy atom. The molecule has 0 aliphatic heterocycles. The average Bonchev–Trinajstić information content (AvgIpc) is 2.08. The Bertz CT molecular complexity index is 354. The number of aliphatic hydroxyl groups excluding tert-OH is 1. The van der Waals surface area contributed by atoms with Crippen LogP contribution >= 0.6 is 15.9 Å². The highest BCUT2D eigenvalue weighted by atomic mass is 79.9. The average molecular weight is 263 g/mol. The zero-order chi connectivity index (χ0) is 10.7. The Hall–Kier alpha value is -0.940. The normalized spacial score (nSPS) is 12.5. The maximum absolute atomic E-state index is 13.3. The van der Waals surface area contributed by atoms with Crippen molar-refractivity contribution in [2.24, 2.45) is 0 Å². The molecule has 0 fully saturated rings.